The molecule has 3 nitrogen and oxygen atoms in total. The standard InChI is InChI=1S/C10H13N3S/c1-7(2)8(3)14-10-4-5-12-9(6-11)13-10/h4-5,7-8H,1-3H3. The fourth-order valence-electron chi connectivity index (χ4n) is 0.788. The van der Waals surface area contributed by atoms with Gasteiger partial charge in [0, 0.05) is 11.4 Å². The minimum Gasteiger partial charge on any atom is -0.227 e. The van der Waals surface area contributed by atoms with Gasteiger partial charge in [0.15, 0.2) is 0 Å². The zero-order valence-corrected chi connectivity index (χ0v) is 9.38. The van der Waals surface area contributed by atoms with Crippen molar-refractivity contribution in [2.24, 2.45) is 5.92 Å². The lowest BCUT2D eigenvalue weighted by Gasteiger charge is -2.13. The van der Waals surface area contributed by atoms with Crippen LogP contribution in [0.4, 0.5) is 0 Å². The maximum Gasteiger partial charge on any atom is 0.233 e. The van der Waals surface area contributed by atoms with Gasteiger partial charge in [0.25, 0.3) is 0 Å². The Morgan fingerprint density at radius 1 is 1.43 bits per heavy atom. The lowest BCUT2D eigenvalue weighted by molar-refractivity contribution is 0.641. The average molecular weight is 207 g/mol. The summed E-state index contributed by atoms with van der Waals surface area (Å²) in [5.41, 5.74) is 0. The molecule has 4 heteroatoms. The Labute approximate surface area is 88.6 Å². The van der Waals surface area contributed by atoms with Crippen LogP contribution in [-0.2, 0) is 0 Å². The van der Waals surface area contributed by atoms with Gasteiger partial charge < -0.3 is 0 Å². The number of thioether (sulfide) groups is 1. The Kier molecular flexibility index (Phi) is 3.90. The van der Waals surface area contributed by atoms with E-state index in [1.165, 1.54) is 0 Å². The number of hydrogen-bond donors (Lipinski definition) is 0. The first-order valence-corrected chi connectivity index (χ1v) is 5.41. The number of nitrogens with zero attached hydrogens (tertiary/aromatic N) is 3. The van der Waals surface area contributed by atoms with Crippen LogP contribution in [0.15, 0.2) is 17.3 Å². The summed E-state index contributed by atoms with van der Waals surface area (Å²) in [6, 6.07) is 3.77. The van der Waals surface area contributed by atoms with Crippen LogP contribution in [0, 0.1) is 17.2 Å². The van der Waals surface area contributed by atoms with Gasteiger partial charge in [-0.3, -0.25) is 0 Å². The van der Waals surface area contributed by atoms with Crippen molar-refractivity contribution in [3.63, 3.8) is 0 Å². The third-order valence-electron chi connectivity index (χ3n) is 1.98. The predicted molar refractivity (Wildman–Crippen MR) is 56.9 cm³/mol. The van der Waals surface area contributed by atoms with E-state index in [9.17, 15) is 0 Å². The van der Waals surface area contributed by atoms with E-state index < -0.39 is 0 Å². The molecule has 0 radical (unpaired) electrons. The first-order chi connectivity index (χ1) is 6.63. The maximum atomic E-state index is 8.62. The van der Waals surface area contributed by atoms with Gasteiger partial charge in [-0.25, -0.2) is 9.97 Å². The average Bonchev–Trinajstić information content (AvgIpc) is 2.18. The zero-order valence-electron chi connectivity index (χ0n) is 8.56. The summed E-state index contributed by atoms with van der Waals surface area (Å²) in [4.78, 5) is 7.93. The van der Waals surface area contributed by atoms with Crippen molar-refractivity contribution in [2.75, 3.05) is 0 Å². The van der Waals surface area contributed by atoms with E-state index in [0.29, 0.717) is 11.2 Å². The molecule has 1 unspecified atom stereocenters. The molecule has 0 saturated heterocycles. The summed E-state index contributed by atoms with van der Waals surface area (Å²) in [6.45, 7) is 6.50. The fourth-order valence-corrected chi connectivity index (χ4v) is 1.72. The summed E-state index contributed by atoms with van der Waals surface area (Å²) in [7, 11) is 0. The minimum absolute atomic E-state index is 0.242. The smallest absolute Gasteiger partial charge is 0.227 e. The van der Waals surface area contributed by atoms with E-state index in [1.807, 2.05) is 12.1 Å². The lowest BCUT2D eigenvalue weighted by atomic mass is 10.2. The lowest BCUT2D eigenvalue weighted by Crippen LogP contribution is -2.06. The van der Waals surface area contributed by atoms with Gasteiger partial charge >= 0.3 is 0 Å². The second-order valence-corrected chi connectivity index (χ2v) is 4.79. The first-order valence-electron chi connectivity index (χ1n) is 4.53. The Balaban J connectivity index is 2.73. The molecule has 1 aromatic heterocycles. The van der Waals surface area contributed by atoms with E-state index in [2.05, 4.69) is 30.7 Å². The molecule has 0 amide bonds. The second-order valence-electron chi connectivity index (χ2n) is 3.40. The molecule has 14 heavy (non-hydrogen) atoms. The van der Waals surface area contributed by atoms with Crippen molar-refractivity contribution in [1.29, 1.82) is 5.26 Å². The molecule has 0 spiro atoms. The molecule has 1 aromatic rings. The van der Waals surface area contributed by atoms with Crippen LogP contribution in [-0.4, -0.2) is 15.2 Å². The third-order valence-corrected chi connectivity index (χ3v) is 3.36. The fraction of sp³-hybridized carbons (Fsp3) is 0.500. The van der Waals surface area contributed by atoms with Gasteiger partial charge in [-0.2, -0.15) is 5.26 Å². The third kappa shape index (κ3) is 3.00. The SMILES string of the molecule is CC(C)C(C)Sc1ccnc(C#N)n1. The normalized spacial score (nSPS) is 12.5. The molecular weight excluding hydrogens is 194 g/mol. The van der Waals surface area contributed by atoms with Crippen LogP contribution >= 0.6 is 11.8 Å². The van der Waals surface area contributed by atoms with Crippen molar-refractivity contribution in [3.8, 4) is 6.07 Å². The Bertz CT molecular complexity index is 343. The van der Waals surface area contributed by atoms with Gasteiger partial charge in [-0.05, 0) is 12.0 Å². The quantitative estimate of drug-likeness (QED) is 0.564. The van der Waals surface area contributed by atoms with Crippen LogP contribution in [0.5, 0.6) is 0 Å². The van der Waals surface area contributed by atoms with Gasteiger partial charge in [0.1, 0.15) is 11.1 Å². The molecule has 1 rings (SSSR count). The number of nitriles is 1. The summed E-state index contributed by atoms with van der Waals surface area (Å²) in [5, 5.41) is 9.99. The molecule has 74 valence electrons. The van der Waals surface area contributed by atoms with Crippen molar-refractivity contribution in [1.82, 2.24) is 9.97 Å². The molecule has 0 bridgehead atoms. The number of aromatic nitrogens is 2. The van der Waals surface area contributed by atoms with E-state index in [0.717, 1.165) is 5.03 Å². The number of hydrogen-bond acceptors (Lipinski definition) is 4. The molecule has 1 atom stereocenters. The molecule has 0 saturated carbocycles. The van der Waals surface area contributed by atoms with Crippen LogP contribution in [0.1, 0.15) is 26.6 Å². The molecule has 0 aliphatic carbocycles. The Morgan fingerprint density at radius 3 is 2.71 bits per heavy atom. The summed E-state index contributed by atoms with van der Waals surface area (Å²) >= 11 is 1.68. The molecule has 0 aliphatic heterocycles. The van der Waals surface area contributed by atoms with E-state index in [-0.39, 0.29) is 5.82 Å². The monoisotopic (exact) mass is 207 g/mol. The highest BCUT2D eigenvalue weighted by atomic mass is 32.2. The Hall–Kier alpha value is -1.08. The van der Waals surface area contributed by atoms with Crippen LogP contribution < -0.4 is 0 Å². The van der Waals surface area contributed by atoms with E-state index in [4.69, 9.17) is 5.26 Å². The Morgan fingerprint density at radius 2 is 2.14 bits per heavy atom. The first kappa shape index (κ1) is 11.0. The molecule has 1 heterocycles. The molecule has 0 fully saturated rings. The maximum absolute atomic E-state index is 8.62. The van der Waals surface area contributed by atoms with Gasteiger partial charge in [0.2, 0.25) is 5.82 Å². The van der Waals surface area contributed by atoms with Crippen molar-refractivity contribution >= 4 is 11.8 Å². The van der Waals surface area contributed by atoms with E-state index in [1.54, 1.807) is 18.0 Å². The summed E-state index contributed by atoms with van der Waals surface area (Å²) < 4.78 is 0. The van der Waals surface area contributed by atoms with Crippen molar-refractivity contribution in [3.05, 3.63) is 18.1 Å². The largest absolute Gasteiger partial charge is 0.233 e. The van der Waals surface area contributed by atoms with Crippen LogP contribution in [0.25, 0.3) is 0 Å². The highest BCUT2D eigenvalue weighted by Gasteiger charge is 2.09. The van der Waals surface area contributed by atoms with Crippen molar-refractivity contribution < 1.29 is 0 Å². The predicted octanol–water partition coefficient (Wildman–Crippen LogP) is 2.48. The van der Waals surface area contributed by atoms with Gasteiger partial charge in [0.05, 0.1) is 0 Å². The molecule has 0 aromatic carbocycles. The van der Waals surface area contributed by atoms with Crippen LogP contribution in [0.2, 0.25) is 0 Å². The molecular formula is C10H13N3S. The summed E-state index contributed by atoms with van der Waals surface area (Å²) in [5.74, 6) is 0.839. The molecule has 0 aliphatic rings. The van der Waals surface area contributed by atoms with Crippen molar-refractivity contribution in [2.45, 2.75) is 31.0 Å². The minimum atomic E-state index is 0.242. The van der Waals surface area contributed by atoms with Gasteiger partial charge in [-0.15, -0.1) is 11.8 Å². The topological polar surface area (TPSA) is 49.6 Å². The number of rotatable bonds is 3. The van der Waals surface area contributed by atoms with E-state index >= 15 is 0 Å². The second kappa shape index (κ2) is 4.97. The van der Waals surface area contributed by atoms with Gasteiger partial charge in [-0.1, -0.05) is 20.8 Å². The summed E-state index contributed by atoms with van der Waals surface area (Å²) in [6.07, 6.45) is 1.63. The highest BCUT2D eigenvalue weighted by Crippen LogP contribution is 2.25. The zero-order chi connectivity index (χ0) is 10.6. The molecule has 0 N–H and O–H groups in total. The highest BCUT2D eigenvalue weighted by molar-refractivity contribution is 7.99. The van der Waals surface area contributed by atoms with Crippen LogP contribution in [0.3, 0.4) is 0 Å².